The molecular weight excluding hydrogens is 356 g/mol. The smallest absolute Gasteiger partial charge is 0.164 e. The van der Waals surface area contributed by atoms with Crippen molar-refractivity contribution >= 4 is 5.78 Å². The van der Waals surface area contributed by atoms with Gasteiger partial charge in [0.05, 0.1) is 6.04 Å². The van der Waals surface area contributed by atoms with Gasteiger partial charge in [0.25, 0.3) is 0 Å². The molecule has 148 valence electrons. The van der Waals surface area contributed by atoms with Crippen molar-refractivity contribution < 1.29 is 4.79 Å². The van der Waals surface area contributed by atoms with E-state index in [1.165, 1.54) is 11.1 Å². The minimum absolute atomic E-state index is 0.236. The zero-order valence-electron chi connectivity index (χ0n) is 16.8. The maximum absolute atomic E-state index is 12.4. The van der Waals surface area contributed by atoms with E-state index < -0.39 is 0 Å². The van der Waals surface area contributed by atoms with Crippen LogP contribution in [0, 0.1) is 0 Å². The van der Waals surface area contributed by atoms with Gasteiger partial charge in [-0.3, -0.25) is 9.69 Å². The second kappa shape index (κ2) is 9.64. The molecule has 3 aromatic carbocycles. The highest BCUT2D eigenvalue weighted by Gasteiger charge is 2.26. The van der Waals surface area contributed by atoms with Crippen LogP contribution in [0.4, 0.5) is 0 Å². The van der Waals surface area contributed by atoms with Crippen molar-refractivity contribution in [3.05, 3.63) is 108 Å². The Hall–Kier alpha value is -2.75. The average molecular weight is 385 g/mol. The van der Waals surface area contributed by atoms with E-state index in [0.717, 1.165) is 38.3 Å². The number of Topliss-reactive ketones (excluding diaryl/α,β-unsaturated/α-hetero) is 1. The van der Waals surface area contributed by atoms with Crippen LogP contribution in [0.5, 0.6) is 0 Å². The van der Waals surface area contributed by atoms with Crippen LogP contribution in [-0.4, -0.2) is 48.3 Å². The first-order valence-corrected chi connectivity index (χ1v) is 10.5. The highest BCUT2D eigenvalue weighted by atomic mass is 16.1. The lowest BCUT2D eigenvalue weighted by molar-refractivity contribution is 0.0893. The maximum atomic E-state index is 12.4. The number of carbonyl (C=O) groups is 1. The van der Waals surface area contributed by atoms with Crippen molar-refractivity contribution in [3.63, 3.8) is 0 Å². The Morgan fingerprint density at radius 2 is 1.17 bits per heavy atom. The van der Waals surface area contributed by atoms with E-state index in [-0.39, 0.29) is 11.8 Å². The monoisotopic (exact) mass is 384 g/mol. The fraction of sp³-hybridized carbons (Fsp3) is 0.269. The van der Waals surface area contributed by atoms with E-state index in [2.05, 4.69) is 70.5 Å². The molecule has 3 aromatic rings. The Balaban J connectivity index is 1.38. The van der Waals surface area contributed by atoms with Crippen LogP contribution >= 0.6 is 0 Å². The summed E-state index contributed by atoms with van der Waals surface area (Å²) in [6.45, 7) is 4.85. The summed E-state index contributed by atoms with van der Waals surface area (Å²) >= 11 is 0. The second-order valence-electron chi connectivity index (χ2n) is 7.64. The quantitative estimate of drug-likeness (QED) is 0.553. The molecule has 0 spiro atoms. The van der Waals surface area contributed by atoms with E-state index in [1.54, 1.807) is 0 Å². The van der Waals surface area contributed by atoms with Gasteiger partial charge in [0, 0.05) is 44.7 Å². The first-order valence-electron chi connectivity index (χ1n) is 10.5. The summed E-state index contributed by atoms with van der Waals surface area (Å²) in [5.74, 6) is 0.236. The van der Waals surface area contributed by atoms with Crippen LogP contribution in [0.15, 0.2) is 91.0 Å². The molecule has 0 atom stereocenters. The zero-order chi connectivity index (χ0) is 19.9. The SMILES string of the molecule is O=C(CCN1CCN(C(c2ccccc2)c2ccccc2)CC1)c1ccccc1. The average Bonchev–Trinajstić information content (AvgIpc) is 2.80. The lowest BCUT2D eigenvalue weighted by Gasteiger charge is -2.39. The third kappa shape index (κ3) is 5.00. The summed E-state index contributed by atoms with van der Waals surface area (Å²) in [7, 11) is 0. The number of hydrogen-bond donors (Lipinski definition) is 0. The molecule has 1 fully saturated rings. The molecule has 0 aromatic heterocycles. The van der Waals surface area contributed by atoms with Crippen LogP contribution in [0.25, 0.3) is 0 Å². The number of rotatable bonds is 7. The molecule has 0 bridgehead atoms. The van der Waals surface area contributed by atoms with E-state index in [0.29, 0.717) is 6.42 Å². The number of piperazine rings is 1. The van der Waals surface area contributed by atoms with Gasteiger partial charge in [-0.15, -0.1) is 0 Å². The van der Waals surface area contributed by atoms with Crippen molar-refractivity contribution in [2.24, 2.45) is 0 Å². The molecule has 3 nitrogen and oxygen atoms in total. The van der Waals surface area contributed by atoms with Crippen molar-refractivity contribution in [3.8, 4) is 0 Å². The molecule has 0 unspecified atom stereocenters. The lowest BCUT2D eigenvalue weighted by Crippen LogP contribution is -2.48. The third-order valence-corrected chi connectivity index (χ3v) is 5.75. The molecule has 1 heterocycles. The highest BCUT2D eigenvalue weighted by molar-refractivity contribution is 5.96. The molecule has 1 saturated heterocycles. The summed E-state index contributed by atoms with van der Waals surface area (Å²) in [6, 6.07) is 31.4. The number of carbonyl (C=O) groups excluding carboxylic acids is 1. The van der Waals surface area contributed by atoms with Gasteiger partial charge in [0.1, 0.15) is 0 Å². The van der Waals surface area contributed by atoms with Crippen molar-refractivity contribution in [2.45, 2.75) is 12.5 Å². The topological polar surface area (TPSA) is 23.6 Å². The lowest BCUT2D eigenvalue weighted by atomic mass is 9.96. The molecular formula is C26H28N2O. The van der Waals surface area contributed by atoms with Crippen LogP contribution in [0.1, 0.15) is 33.9 Å². The number of nitrogens with zero attached hydrogens (tertiary/aromatic N) is 2. The highest BCUT2D eigenvalue weighted by Crippen LogP contribution is 2.29. The van der Waals surface area contributed by atoms with Gasteiger partial charge in [-0.25, -0.2) is 0 Å². The molecule has 29 heavy (non-hydrogen) atoms. The van der Waals surface area contributed by atoms with Crippen LogP contribution in [0.3, 0.4) is 0 Å². The fourth-order valence-electron chi connectivity index (χ4n) is 4.16. The summed E-state index contributed by atoms with van der Waals surface area (Å²) in [5.41, 5.74) is 3.50. The first kappa shape index (κ1) is 19.6. The van der Waals surface area contributed by atoms with E-state index in [1.807, 2.05) is 30.3 Å². The fourth-order valence-corrected chi connectivity index (χ4v) is 4.16. The second-order valence-corrected chi connectivity index (χ2v) is 7.64. The minimum atomic E-state index is 0.236. The van der Waals surface area contributed by atoms with Gasteiger partial charge >= 0.3 is 0 Å². The summed E-state index contributed by atoms with van der Waals surface area (Å²) in [4.78, 5) is 17.4. The third-order valence-electron chi connectivity index (χ3n) is 5.75. The van der Waals surface area contributed by atoms with Crippen molar-refractivity contribution in [2.75, 3.05) is 32.7 Å². The zero-order valence-corrected chi connectivity index (χ0v) is 16.8. The van der Waals surface area contributed by atoms with Crippen LogP contribution in [-0.2, 0) is 0 Å². The minimum Gasteiger partial charge on any atom is -0.300 e. The summed E-state index contributed by atoms with van der Waals surface area (Å²) in [6.07, 6.45) is 0.588. The first-order chi connectivity index (χ1) is 14.3. The molecule has 0 amide bonds. The number of ketones is 1. The Morgan fingerprint density at radius 3 is 1.69 bits per heavy atom. The van der Waals surface area contributed by atoms with Gasteiger partial charge in [0.15, 0.2) is 5.78 Å². The maximum Gasteiger partial charge on any atom is 0.164 e. The Kier molecular flexibility index (Phi) is 6.50. The predicted molar refractivity (Wildman–Crippen MR) is 118 cm³/mol. The number of benzene rings is 3. The largest absolute Gasteiger partial charge is 0.300 e. The van der Waals surface area contributed by atoms with Gasteiger partial charge in [0.2, 0.25) is 0 Å². The molecule has 1 aliphatic rings. The molecule has 4 rings (SSSR count). The van der Waals surface area contributed by atoms with Gasteiger partial charge in [-0.05, 0) is 11.1 Å². The van der Waals surface area contributed by atoms with E-state index >= 15 is 0 Å². The van der Waals surface area contributed by atoms with Gasteiger partial charge < -0.3 is 4.90 Å². The van der Waals surface area contributed by atoms with Gasteiger partial charge in [-0.1, -0.05) is 91.0 Å². The Labute approximate surface area is 173 Å². The molecule has 0 radical (unpaired) electrons. The predicted octanol–water partition coefficient (Wildman–Crippen LogP) is 4.67. The van der Waals surface area contributed by atoms with Crippen LogP contribution in [0.2, 0.25) is 0 Å². The number of hydrogen-bond acceptors (Lipinski definition) is 3. The van der Waals surface area contributed by atoms with Crippen molar-refractivity contribution in [1.29, 1.82) is 0 Å². The molecule has 1 aliphatic heterocycles. The summed E-state index contributed by atoms with van der Waals surface area (Å²) < 4.78 is 0. The Bertz CT molecular complexity index is 848. The van der Waals surface area contributed by atoms with Gasteiger partial charge in [-0.2, -0.15) is 0 Å². The summed E-state index contributed by atoms with van der Waals surface area (Å²) in [5, 5.41) is 0. The normalized spacial score (nSPS) is 15.5. The van der Waals surface area contributed by atoms with Crippen LogP contribution < -0.4 is 0 Å². The molecule has 3 heteroatoms. The van der Waals surface area contributed by atoms with E-state index in [9.17, 15) is 4.79 Å². The molecule has 0 N–H and O–H groups in total. The Morgan fingerprint density at radius 1 is 0.690 bits per heavy atom. The molecule has 0 saturated carbocycles. The standard InChI is InChI=1S/C26H28N2O/c29-25(22-10-4-1-5-11-22)16-17-27-18-20-28(21-19-27)26(23-12-6-2-7-13-23)24-14-8-3-9-15-24/h1-15,26H,16-21H2. The molecule has 0 aliphatic carbocycles. The van der Waals surface area contributed by atoms with Crippen molar-refractivity contribution in [1.82, 2.24) is 9.80 Å². The van der Waals surface area contributed by atoms with E-state index in [4.69, 9.17) is 0 Å².